The second-order valence-electron chi connectivity index (χ2n) is 10.3. The van der Waals surface area contributed by atoms with Crippen molar-refractivity contribution in [2.45, 2.75) is 66.2 Å². The molecule has 4 rings (SSSR count). The van der Waals surface area contributed by atoms with Crippen molar-refractivity contribution in [3.63, 3.8) is 0 Å². The Kier molecular flexibility index (Phi) is 7.91. The molecule has 2 atom stereocenters. The van der Waals surface area contributed by atoms with Crippen molar-refractivity contribution >= 4 is 22.8 Å². The van der Waals surface area contributed by atoms with E-state index in [1.165, 1.54) is 12.5 Å². The minimum atomic E-state index is -0.998. The predicted molar refractivity (Wildman–Crippen MR) is 151 cm³/mol. The van der Waals surface area contributed by atoms with Crippen molar-refractivity contribution in [2.24, 2.45) is 0 Å². The molecule has 0 aliphatic heterocycles. The van der Waals surface area contributed by atoms with E-state index in [1.54, 1.807) is 12.1 Å². The van der Waals surface area contributed by atoms with Gasteiger partial charge in [0, 0.05) is 28.7 Å². The first-order chi connectivity index (χ1) is 18.0. The van der Waals surface area contributed by atoms with E-state index in [0.29, 0.717) is 23.8 Å². The summed E-state index contributed by atoms with van der Waals surface area (Å²) in [6.07, 6.45) is -0.904. The Morgan fingerprint density at radius 3 is 2.26 bits per heavy atom. The molecule has 6 nitrogen and oxygen atoms in total. The van der Waals surface area contributed by atoms with Crippen molar-refractivity contribution in [2.75, 3.05) is 0 Å². The highest BCUT2D eigenvalue weighted by molar-refractivity contribution is 5.99. The Hall–Kier alpha value is -4.06. The van der Waals surface area contributed by atoms with Crippen molar-refractivity contribution < 1.29 is 19.4 Å². The monoisotopic (exact) mass is 512 g/mol. The lowest BCUT2D eigenvalue weighted by Crippen LogP contribution is -2.26. The molecule has 0 unspecified atom stereocenters. The quantitative estimate of drug-likeness (QED) is 0.259. The number of carbonyl (C=O) groups is 2. The molecule has 198 valence electrons. The third kappa shape index (κ3) is 5.75. The summed E-state index contributed by atoms with van der Waals surface area (Å²) in [6.45, 7) is 12.7. The van der Waals surface area contributed by atoms with Crippen LogP contribution in [0.2, 0.25) is 0 Å². The van der Waals surface area contributed by atoms with Gasteiger partial charge in [-0.05, 0) is 86.2 Å². The van der Waals surface area contributed by atoms with E-state index in [1.807, 2.05) is 43.3 Å². The average molecular weight is 513 g/mol. The zero-order valence-corrected chi connectivity index (χ0v) is 22.9. The van der Waals surface area contributed by atoms with E-state index < -0.39 is 12.1 Å². The molecule has 3 aromatic carbocycles. The van der Waals surface area contributed by atoms with Crippen molar-refractivity contribution in [1.29, 1.82) is 0 Å². The first kappa shape index (κ1) is 27.0. The highest BCUT2D eigenvalue weighted by Crippen LogP contribution is 2.28. The number of benzene rings is 3. The number of fused-ring (bicyclic) bond motifs is 1. The molecule has 1 aromatic heterocycles. The van der Waals surface area contributed by atoms with Gasteiger partial charge in [-0.3, -0.25) is 4.79 Å². The second kappa shape index (κ2) is 11.1. The van der Waals surface area contributed by atoms with Gasteiger partial charge in [-0.1, -0.05) is 50.2 Å². The van der Waals surface area contributed by atoms with Gasteiger partial charge in [0.25, 0.3) is 5.91 Å². The van der Waals surface area contributed by atoms with E-state index >= 15 is 0 Å². The number of nitrogens with zero attached hydrogens (tertiary/aromatic N) is 1. The number of carboxylic acids is 1. The first-order valence-electron chi connectivity index (χ1n) is 13.0. The van der Waals surface area contributed by atoms with Crippen molar-refractivity contribution in [3.05, 3.63) is 100 Å². The standard InChI is InChI=1S/C32H36N2O4/c1-19(2)25-8-7-9-26(16-25)21(4)33-31(35)27-12-15-30-29(17-27)20(3)22(5)34(30)18-24-10-13-28(14-11-24)38-23(6)32(36)37/h7-17,19,21,23H,18H2,1-6H3,(H,33,35)(H,36,37)/t21-,23-/m0/s1. The summed E-state index contributed by atoms with van der Waals surface area (Å²) in [5.41, 5.74) is 7.40. The normalized spacial score (nSPS) is 12.9. The van der Waals surface area contributed by atoms with Crippen LogP contribution in [0.3, 0.4) is 0 Å². The highest BCUT2D eigenvalue weighted by Gasteiger charge is 2.17. The number of carboxylic acid groups (broad SMARTS) is 1. The number of aliphatic carboxylic acids is 1. The fourth-order valence-corrected chi connectivity index (χ4v) is 4.66. The van der Waals surface area contributed by atoms with Crippen LogP contribution in [-0.4, -0.2) is 27.7 Å². The van der Waals surface area contributed by atoms with E-state index in [0.717, 1.165) is 33.3 Å². The molecule has 2 N–H and O–H groups in total. The average Bonchev–Trinajstić information content (AvgIpc) is 3.13. The summed E-state index contributed by atoms with van der Waals surface area (Å²) in [5, 5.41) is 13.3. The summed E-state index contributed by atoms with van der Waals surface area (Å²) < 4.78 is 7.68. The lowest BCUT2D eigenvalue weighted by molar-refractivity contribution is -0.144. The van der Waals surface area contributed by atoms with E-state index in [-0.39, 0.29) is 11.9 Å². The third-order valence-corrected chi connectivity index (χ3v) is 7.25. The number of aromatic nitrogens is 1. The lowest BCUT2D eigenvalue weighted by Gasteiger charge is -2.16. The van der Waals surface area contributed by atoms with E-state index in [2.05, 4.69) is 55.8 Å². The molecule has 0 aliphatic carbocycles. The number of nitrogens with one attached hydrogen (secondary N) is 1. The van der Waals surface area contributed by atoms with E-state index in [9.17, 15) is 9.59 Å². The molecule has 0 radical (unpaired) electrons. The summed E-state index contributed by atoms with van der Waals surface area (Å²) in [7, 11) is 0. The van der Waals surface area contributed by atoms with Crippen LogP contribution in [0.1, 0.15) is 78.0 Å². The molecule has 0 aliphatic rings. The Bertz CT molecular complexity index is 1470. The largest absolute Gasteiger partial charge is 0.479 e. The fraction of sp³-hybridized carbons (Fsp3) is 0.312. The fourth-order valence-electron chi connectivity index (χ4n) is 4.66. The number of hydrogen-bond donors (Lipinski definition) is 2. The van der Waals surface area contributed by atoms with Crippen LogP contribution in [-0.2, 0) is 11.3 Å². The molecule has 0 saturated heterocycles. The van der Waals surface area contributed by atoms with Crippen LogP contribution >= 0.6 is 0 Å². The summed E-state index contributed by atoms with van der Waals surface area (Å²) >= 11 is 0. The van der Waals surface area contributed by atoms with Gasteiger partial charge in [-0.15, -0.1) is 0 Å². The van der Waals surface area contributed by atoms with Crippen LogP contribution in [0.25, 0.3) is 10.9 Å². The van der Waals surface area contributed by atoms with Crippen LogP contribution in [0.5, 0.6) is 5.75 Å². The molecule has 0 saturated carbocycles. The molecule has 0 fully saturated rings. The maximum Gasteiger partial charge on any atom is 0.344 e. The van der Waals surface area contributed by atoms with Gasteiger partial charge in [-0.2, -0.15) is 0 Å². The number of carbonyl (C=O) groups excluding carboxylic acids is 1. The molecule has 0 spiro atoms. The third-order valence-electron chi connectivity index (χ3n) is 7.25. The van der Waals surface area contributed by atoms with Crippen molar-refractivity contribution in [3.8, 4) is 5.75 Å². The maximum absolute atomic E-state index is 13.2. The van der Waals surface area contributed by atoms with Crippen LogP contribution < -0.4 is 10.1 Å². The molecular weight excluding hydrogens is 476 g/mol. The van der Waals surface area contributed by atoms with Gasteiger partial charge in [0.1, 0.15) is 5.75 Å². The van der Waals surface area contributed by atoms with E-state index in [4.69, 9.17) is 9.84 Å². The zero-order chi connectivity index (χ0) is 27.6. The number of rotatable bonds is 9. The molecule has 38 heavy (non-hydrogen) atoms. The van der Waals surface area contributed by atoms with Gasteiger partial charge < -0.3 is 19.7 Å². The van der Waals surface area contributed by atoms with Gasteiger partial charge in [0.05, 0.1) is 6.04 Å². The van der Waals surface area contributed by atoms with Crippen LogP contribution in [0.15, 0.2) is 66.7 Å². The number of hydrogen-bond acceptors (Lipinski definition) is 3. The molecule has 0 bridgehead atoms. The SMILES string of the molecule is Cc1c(C)n(Cc2ccc(O[C@@H](C)C(=O)O)cc2)c2ccc(C(=O)N[C@@H](C)c3cccc(C(C)C)c3)cc12. The molecule has 6 heteroatoms. The first-order valence-corrected chi connectivity index (χ1v) is 13.0. The van der Waals surface area contributed by atoms with Gasteiger partial charge >= 0.3 is 5.97 Å². The molecule has 1 heterocycles. The Balaban J connectivity index is 1.53. The molecule has 4 aromatic rings. The summed E-state index contributed by atoms with van der Waals surface area (Å²) in [4.78, 5) is 24.2. The minimum Gasteiger partial charge on any atom is -0.479 e. The molecule has 1 amide bonds. The lowest BCUT2D eigenvalue weighted by atomic mass is 9.98. The summed E-state index contributed by atoms with van der Waals surface area (Å²) in [5.74, 6) is -0.135. The van der Waals surface area contributed by atoms with Gasteiger partial charge in [0.2, 0.25) is 0 Å². The van der Waals surface area contributed by atoms with Crippen molar-refractivity contribution in [1.82, 2.24) is 9.88 Å². The predicted octanol–water partition coefficient (Wildman–Crippen LogP) is 6.77. The number of amides is 1. The zero-order valence-electron chi connectivity index (χ0n) is 22.9. The summed E-state index contributed by atoms with van der Waals surface area (Å²) in [6, 6.07) is 21.6. The Morgan fingerprint density at radius 1 is 0.921 bits per heavy atom. The highest BCUT2D eigenvalue weighted by atomic mass is 16.5. The second-order valence-corrected chi connectivity index (χ2v) is 10.3. The smallest absolute Gasteiger partial charge is 0.344 e. The molecular formula is C32H36N2O4. The number of aryl methyl sites for hydroxylation is 1. The Labute approximate surface area is 224 Å². The number of ether oxygens (including phenoxy) is 1. The van der Waals surface area contributed by atoms with Crippen LogP contribution in [0.4, 0.5) is 0 Å². The Morgan fingerprint density at radius 2 is 1.61 bits per heavy atom. The topological polar surface area (TPSA) is 80.6 Å². The van der Waals surface area contributed by atoms with Crippen LogP contribution in [0, 0.1) is 13.8 Å². The maximum atomic E-state index is 13.2. The minimum absolute atomic E-state index is 0.0923. The van der Waals surface area contributed by atoms with Gasteiger partial charge in [-0.25, -0.2) is 4.79 Å². The van der Waals surface area contributed by atoms with Gasteiger partial charge in [0.15, 0.2) is 6.10 Å².